The van der Waals surface area contributed by atoms with Crippen molar-refractivity contribution in [2.24, 2.45) is 11.7 Å². The van der Waals surface area contributed by atoms with E-state index in [1.165, 1.54) is 0 Å². The van der Waals surface area contributed by atoms with E-state index in [-0.39, 0.29) is 17.5 Å². The van der Waals surface area contributed by atoms with Crippen molar-refractivity contribution in [3.63, 3.8) is 0 Å². The summed E-state index contributed by atoms with van der Waals surface area (Å²) >= 11 is 0. The second kappa shape index (κ2) is 7.10. The van der Waals surface area contributed by atoms with Crippen LogP contribution in [0.3, 0.4) is 0 Å². The van der Waals surface area contributed by atoms with Gasteiger partial charge in [-0.1, -0.05) is 26.7 Å². The van der Waals surface area contributed by atoms with E-state index >= 15 is 0 Å². The van der Waals surface area contributed by atoms with Crippen molar-refractivity contribution in [3.05, 3.63) is 0 Å². The first-order valence-electron chi connectivity index (χ1n) is 7.13. The van der Waals surface area contributed by atoms with E-state index in [9.17, 15) is 4.79 Å². The highest BCUT2D eigenvalue weighted by Gasteiger charge is 2.32. The van der Waals surface area contributed by atoms with Gasteiger partial charge in [0.05, 0.1) is 12.6 Å². The lowest BCUT2D eigenvalue weighted by atomic mass is 9.94. The maximum atomic E-state index is 12.0. The lowest BCUT2D eigenvalue weighted by Gasteiger charge is -2.26. The molecular weight excluding hydrogens is 228 g/mol. The van der Waals surface area contributed by atoms with Gasteiger partial charge in [0.15, 0.2) is 0 Å². The highest BCUT2D eigenvalue weighted by Crippen LogP contribution is 2.29. The van der Waals surface area contributed by atoms with Crippen molar-refractivity contribution in [1.29, 1.82) is 0 Å². The molecule has 18 heavy (non-hydrogen) atoms. The number of hydrogen-bond acceptors (Lipinski definition) is 3. The van der Waals surface area contributed by atoms with Gasteiger partial charge in [-0.25, -0.2) is 0 Å². The SMILES string of the molecule is CCOCC(NC(=O)CC1(N)CCCC1)C(C)C. The van der Waals surface area contributed by atoms with Crippen LogP contribution in [-0.4, -0.2) is 30.7 Å². The lowest BCUT2D eigenvalue weighted by molar-refractivity contribution is -0.123. The van der Waals surface area contributed by atoms with Crippen molar-refractivity contribution < 1.29 is 9.53 Å². The quantitative estimate of drug-likeness (QED) is 0.730. The number of rotatable bonds is 7. The fraction of sp³-hybridized carbons (Fsp3) is 0.929. The van der Waals surface area contributed by atoms with E-state index in [4.69, 9.17) is 10.5 Å². The molecule has 4 heteroatoms. The van der Waals surface area contributed by atoms with Crippen LogP contribution in [-0.2, 0) is 9.53 Å². The van der Waals surface area contributed by atoms with E-state index in [0.29, 0.717) is 25.6 Å². The fourth-order valence-corrected chi connectivity index (χ4v) is 2.48. The molecule has 1 amide bonds. The molecule has 1 rings (SSSR count). The Bertz CT molecular complexity index is 261. The molecule has 4 nitrogen and oxygen atoms in total. The maximum absolute atomic E-state index is 12.0. The summed E-state index contributed by atoms with van der Waals surface area (Å²) in [5.74, 6) is 0.440. The van der Waals surface area contributed by atoms with Crippen LogP contribution in [0.2, 0.25) is 0 Å². The van der Waals surface area contributed by atoms with Gasteiger partial charge in [0.25, 0.3) is 0 Å². The number of nitrogens with two attached hydrogens (primary N) is 1. The molecule has 0 radical (unpaired) electrons. The Labute approximate surface area is 111 Å². The van der Waals surface area contributed by atoms with Crippen molar-refractivity contribution >= 4 is 5.91 Å². The molecule has 0 aliphatic heterocycles. The lowest BCUT2D eigenvalue weighted by Crippen LogP contribution is -2.47. The monoisotopic (exact) mass is 256 g/mol. The van der Waals surface area contributed by atoms with Gasteiger partial charge < -0.3 is 15.8 Å². The fourth-order valence-electron chi connectivity index (χ4n) is 2.48. The van der Waals surface area contributed by atoms with E-state index in [1.54, 1.807) is 0 Å². The maximum Gasteiger partial charge on any atom is 0.222 e. The molecule has 1 aliphatic carbocycles. The molecule has 0 aromatic carbocycles. The summed E-state index contributed by atoms with van der Waals surface area (Å²) in [7, 11) is 0. The zero-order valence-electron chi connectivity index (χ0n) is 12.0. The summed E-state index contributed by atoms with van der Waals surface area (Å²) in [6.07, 6.45) is 4.69. The van der Waals surface area contributed by atoms with Gasteiger partial charge >= 0.3 is 0 Å². The number of amides is 1. The first kappa shape index (κ1) is 15.4. The van der Waals surface area contributed by atoms with Crippen LogP contribution in [0.15, 0.2) is 0 Å². The van der Waals surface area contributed by atoms with E-state index in [0.717, 1.165) is 25.7 Å². The Morgan fingerprint density at radius 2 is 2.00 bits per heavy atom. The molecule has 3 N–H and O–H groups in total. The standard InChI is InChI=1S/C14H28N2O2/c1-4-18-10-12(11(2)3)16-13(17)9-14(15)7-5-6-8-14/h11-12H,4-10,15H2,1-3H3,(H,16,17). The van der Waals surface area contributed by atoms with Gasteiger partial charge in [-0.2, -0.15) is 0 Å². The molecular formula is C14H28N2O2. The molecule has 1 aliphatic rings. The molecule has 0 saturated heterocycles. The average molecular weight is 256 g/mol. The summed E-state index contributed by atoms with van der Waals surface area (Å²) in [6, 6.07) is 0.0856. The summed E-state index contributed by atoms with van der Waals surface area (Å²) in [6.45, 7) is 7.42. The minimum absolute atomic E-state index is 0.0674. The van der Waals surface area contributed by atoms with Gasteiger partial charge in [-0.05, 0) is 25.7 Å². The summed E-state index contributed by atoms with van der Waals surface area (Å²) in [4.78, 5) is 12.0. The molecule has 0 heterocycles. The van der Waals surface area contributed by atoms with Crippen LogP contribution in [0.25, 0.3) is 0 Å². The van der Waals surface area contributed by atoms with Gasteiger partial charge in [-0.15, -0.1) is 0 Å². The number of nitrogens with one attached hydrogen (secondary N) is 1. The molecule has 106 valence electrons. The average Bonchev–Trinajstić information content (AvgIpc) is 2.70. The second-order valence-corrected chi connectivity index (χ2v) is 5.82. The highest BCUT2D eigenvalue weighted by atomic mass is 16.5. The third-order valence-corrected chi connectivity index (χ3v) is 3.76. The van der Waals surface area contributed by atoms with Gasteiger partial charge in [0, 0.05) is 18.6 Å². The predicted molar refractivity (Wildman–Crippen MR) is 73.3 cm³/mol. The highest BCUT2D eigenvalue weighted by molar-refractivity contribution is 5.77. The summed E-state index contributed by atoms with van der Waals surface area (Å²) < 4.78 is 5.41. The van der Waals surface area contributed by atoms with E-state index < -0.39 is 0 Å². The molecule has 1 saturated carbocycles. The normalized spacial score (nSPS) is 20.1. The summed E-state index contributed by atoms with van der Waals surface area (Å²) in [5.41, 5.74) is 5.95. The van der Waals surface area contributed by atoms with Crippen LogP contribution in [0.4, 0.5) is 0 Å². The minimum Gasteiger partial charge on any atom is -0.380 e. The predicted octanol–water partition coefficient (Wildman–Crippen LogP) is 1.83. The number of carbonyl (C=O) groups is 1. The van der Waals surface area contributed by atoms with E-state index in [2.05, 4.69) is 19.2 Å². The minimum atomic E-state index is -0.267. The van der Waals surface area contributed by atoms with Gasteiger partial charge in [0.2, 0.25) is 5.91 Å². The zero-order chi connectivity index (χ0) is 13.6. The third-order valence-electron chi connectivity index (χ3n) is 3.76. The number of hydrogen-bond donors (Lipinski definition) is 2. The Morgan fingerprint density at radius 1 is 1.39 bits per heavy atom. The van der Waals surface area contributed by atoms with Crippen molar-refractivity contribution in [2.45, 2.75) is 64.5 Å². The number of ether oxygens (including phenoxy) is 1. The van der Waals surface area contributed by atoms with Crippen LogP contribution in [0.5, 0.6) is 0 Å². The Kier molecular flexibility index (Phi) is 6.09. The Balaban J connectivity index is 2.40. The second-order valence-electron chi connectivity index (χ2n) is 5.82. The van der Waals surface area contributed by atoms with Crippen molar-refractivity contribution in [3.8, 4) is 0 Å². The molecule has 1 atom stereocenters. The molecule has 0 aromatic heterocycles. The van der Waals surface area contributed by atoms with Crippen molar-refractivity contribution in [2.75, 3.05) is 13.2 Å². The van der Waals surface area contributed by atoms with Crippen LogP contribution >= 0.6 is 0 Å². The van der Waals surface area contributed by atoms with Crippen LogP contribution < -0.4 is 11.1 Å². The summed E-state index contributed by atoms with van der Waals surface area (Å²) in [5, 5.41) is 3.06. The smallest absolute Gasteiger partial charge is 0.222 e. The first-order valence-corrected chi connectivity index (χ1v) is 7.13. The topological polar surface area (TPSA) is 64.3 Å². The zero-order valence-corrected chi connectivity index (χ0v) is 12.0. The molecule has 0 spiro atoms. The van der Waals surface area contributed by atoms with Crippen molar-refractivity contribution in [1.82, 2.24) is 5.32 Å². The van der Waals surface area contributed by atoms with Gasteiger partial charge in [-0.3, -0.25) is 4.79 Å². The molecule has 0 bridgehead atoms. The molecule has 1 fully saturated rings. The van der Waals surface area contributed by atoms with Crippen LogP contribution in [0, 0.1) is 5.92 Å². The van der Waals surface area contributed by atoms with Crippen LogP contribution in [0.1, 0.15) is 52.9 Å². The largest absolute Gasteiger partial charge is 0.380 e. The molecule has 1 unspecified atom stereocenters. The number of carbonyl (C=O) groups excluding carboxylic acids is 1. The Hall–Kier alpha value is -0.610. The van der Waals surface area contributed by atoms with Gasteiger partial charge in [0.1, 0.15) is 0 Å². The third kappa shape index (κ3) is 4.94. The van der Waals surface area contributed by atoms with E-state index in [1.807, 2.05) is 6.92 Å². The first-order chi connectivity index (χ1) is 8.47. The molecule has 0 aromatic rings. The Morgan fingerprint density at radius 3 is 2.50 bits per heavy atom.